The highest BCUT2D eigenvalue weighted by Crippen LogP contribution is 2.17. The number of fused-ring (bicyclic) bond motifs is 1. The number of rotatable bonds is 5. The summed E-state index contributed by atoms with van der Waals surface area (Å²) < 4.78 is 37.4. The van der Waals surface area contributed by atoms with Crippen molar-refractivity contribution in [3.05, 3.63) is 51.8 Å². The smallest absolute Gasteiger partial charge is 0.408 e. The molecule has 1 aromatic carbocycles. The zero-order valence-corrected chi connectivity index (χ0v) is 14.3. The maximum atomic E-state index is 12.4. The van der Waals surface area contributed by atoms with E-state index >= 15 is 0 Å². The largest absolute Gasteiger partial charge is 0.419 e. The van der Waals surface area contributed by atoms with Gasteiger partial charge in [0.25, 0.3) is 0 Å². The van der Waals surface area contributed by atoms with Crippen LogP contribution in [0.25, 0.3) is 11.1 Å². The van der Waals surface area contributed by atoms with Gasteiger partial charge in [-0.15, -0.1) is 0 Å². The maximum Gasteiger partial charge on any atom is 0.419 e. The Balaban J connectivity index is 1.81. The second-order valence-electron chi connectivity index (χ2n) is 5.67. The molecule has 2 aromatic heterocycles. The molecule has 0 amide bonds. The van der Waals surface area contributed by atoms with Crippen LogP contribution in [0.2, 0.25) is 0 Å². The van der Waals surface area contributed by atoms with E-state index in [1.54, 1.807) is 38.2 Å². The van der Waals surface area contributed by atoms with Crippen LogP contribution in [-0.4, -0.2) is 29.5 Å². The number of aryl methyl sites for hydroxylation is 2. The summed E-state index contributed by atoms with van der Waals surface area (Å²) in [6.07, 6.45) is 0. The molecule has 0 spiro atoms. The summed E-state index contributed by atoms with van der Waals surface area (Å²) in [6.45, 7) is 1.88. The standard InChI is InChI=1S/C15H17N3O5S/c1-10-6-12(16-23-10)9-24(20,21)17(2)8-11-4-5-14-13(7-11)18(3)15(19)22-14/h4-7H,8-9H2,1-3H3. The molecule has 2 heterocycles. The molecule has 0 saturated carbocycles. The van der Waals surface area contributed by atoms with Crippen molar-refractivity contribution < 1.29 is 17.4 Å². The molecule has 0 atom stereocenters. The normalized spacial score (nSPS) is 12.3. The van der Waals surface area contributed by atoms with E-state index in [0.717, 1.165) is 5.56 Å². The number of nitrogens with zero attached hydrogens (tertiary/aromatic N) is 3. The summed E-state index contributed by atoms with van der Waals surface area (Å²) in [5.74, 6) is -0.119. The Morgan fingerprint density at radius 1 is 1.29 bits per heavy atom. The van der Waals surface area contributed by atoms with Crippen LogP contribution in [0.1, 0.15) is 17.0 Å². The average molecular weight is 351 g/mol. The molecule has 3 aromatic rings. The summed E-state index contributed by atoms with van der Waals surface area (Å²) in [5, 5.41) is 3.71. The van der Waals surface area contributed by atoms with Gasteiger partial charge in [-0.25, -0.2) is 17.5 Å². The molecule has 3 rings (SSSR count). The van der Waals surface area contributed by atoms with Gasteiger partial charge in [-0.05, 0) is 24.6 Å². The molecule has 8 nitrogen and oxygen atoms in total. The molecule has 0 radical (unpaired) electrons. The van der Waals surface area contributed by atoms with E-state index in [0.29, 0.717) is 22.6 Å². The molecule has 9 heteroatoms. The summed E-state index contributed by atoms with van der Waals surface area (Å²) in [4.78, 5) is 11.5. The fraction of sp³-hybridized carbons (Fsp3) is 0.333. The molecule has 0 aliphatic rings. The Hall–Kier alpha value is -2.39. The van der Waals surface area contributed by atoms with Crippen LogP contribution in [-0.2, 0) is 29.4 Å². The molecule has 24 heavy (non-hydrogen) atoms. The van der Waals surface area contributed by atoms with E-state index in [9.17, 15) is 13.2 Å². The van der Waals surface area contributed by atoms with Gasteiger partial charge in [0.2, 0.25) is 10.0 Å². The lowest BCUT2D eigenvalue weighted by Gasteiger charge is -2.16. The fourth-order valence-corrected chi connectivity index (χ4v) is 3.49. The van der Waals surface area contributed by atoms with Crippen LogP contribution in [0.15, 0.2) is 38.0 Å². The van der Waals surface area contributed by atoms with Crippen LogP contribution in [0.3, 0.4) is 0 Å². The van der Waals surface area contributed by atoms with E-state index in [2.05, 4.69) is 5.16 Å². The average Bonchev–Trinajstić information content (AvgIpc) is 3.03. The molecule has 0 saturated heterocycles. The van der Waals surface area contributed by atoms with Crippen LogP contribution in [0.4, 0.5) is 0 Å². The Morgan fingerprint density at radius 3 is 2.71 bits per heavy atom. The predicted molar refractivity (Wildman–Crippen MR) is 86.8 cm³/mol. The van der Waals surface area contributed by atoms with E-state index < -0.39 is 15.8 Å². The zero-order valence-electron chi connectivity index (χ0n) is 13.5. The van der Waals surface area contributed by atoms with Gasteiger partial charge in [-0.2, -0.15) is 0 Å². The molecule has 0 unspecified atom stereocenters. The van der Waals surface area contributed by atoms with Crippen LogP contribution in [0, 0.1) is 6.92 Å². The van der Waals surface area contributed by atoms with Crippen molar-refractivity contribution in [3.8, 4) is 0 Å². The van der Waals surface area contributed by atoms with Gasteiger partial charge < -0.3 is 8.94 Å². The monoisotopic (exact) mass is 351 g/mol. The highest BCUT2D eigenvalue weighted by molar-refractivity contribution is 7.88. The molecule has 0 bridgehead atoms. The lowest BCUT2D eigenvalue weighted by atomic mass is 10.2. The third-order valence-corrected chi connectivity index (χ3v) is 5.48. The summed E-state index contributed by atoms with van der Waals surface area (Å²) in [6, 6.07) is 6.73. The number of oxazole rings is 1. The summed E-state index contributed by atoms with van der Waals surface area (Å²) in [5.41, 5.74) is 2.21. The third kappa shape index (κ3) is 3.13. The Kier molecular flexibility index (Phi) is 4.06. The highest BCUT2D eigenvalue weighted by atomic mass is 32.2. The van der Waals surface area contributed by atoms with Crippen LogP contribution >= 0.6 is 0 Å². The van der Waals surface area contributed by atoms with Crippen LogP contribution in [0.5, 0.6) is 0 Å². The number of aromatic nitrogens is 2. The molecule has 0 N–H and O–H groups in total. The Bertz CT molecular complexity index is 1040. The Labute approximate surface area is 138 Å². The lowest BCUT2D eigenvalue weighted by Crippen LogP contribution is -2.27. The van der Waals surface area contributed by atoms with E-state index in [1.165, 1.54) is 15.9 Å². The van der Waals surface area contributed by atoms with Gasteiger partial charge in [-0.1, -0.05) is 11.2 Å². The first-order valence-electron chi connectivity index (χ1n) is 7.21. The molecule has 0 aliphatic carbocycles. The first kappa shape index (κ1) is 16.5. The fourth-order valence-electron chi connectivity index (χ4n) is 2.41. The van der Waals surface area contributed by atoms with Crippen molar-refractivity contribution >= 4 is 21.1 Å². The van der Waals surface area contributed by atoms with Gasteiger partial charge in [0.1, 0.15) is 17.2 Å². The number of hydrogen-bond donors (Lipinski definition) is 0. The Morgan fingerprint density at radius 2 is 2.04 bits per heavy atom. The molecule has 0 fully saturated rings. The van der Waals surface area contributed by atoms with E-state index in [-0.39, 0.29) is 12.3 Å². The van der Waals surface area contributed by atoms with Gasteiger partial charge in [0.05, 0.1) is 5.52 Å². The van der Waals surface area contributed by atoms with Crippen molar-refractivity contribution in [1.82, 2.24) is 14.0 Å². The van der Waals surface area contributed by atoms with Crippen LogP contribution < -0.4 is 5.76 Å². The van der Waals surface area contributed by atoms with Gasteiger partial charge >= 0.3 is 5.76 Å². The SMILES string of the molecule is Cc1cc(CS(=O)(=O)N(C)Cc2ccc3oc(=O)n(C)c3c2)no1. The first-order chi connectivity index (χ1) is 11.3. The minimum Gasteiger partial charge on any atom is -0.408 e. The number of sulfonamides is 1. The van der Waals surface area contributed by atoms with Crippen molar-refractivity contribution in [2.75, 3.05) is 7.05 Å². The molecular formula is C15H17N3O5S. The van der Waals surface area contributed by atoms with Gasteiger partial charge in [0, 0.05) is 26.7 Å². The maximum absolute atomic E-state index is 12.4. The summed E-state index contributed by atoms with van der Waals surface area (Å²) >= 11 is 0. The number of benzene rings is 1. The van der Waals surface area contributed by atoms with Crippen molar-refractivity contribution in [3.63, 3.8) is 0 Å². The highest BCUT2D eigenvalue weighted by Gasteiger charge is 2.21. The first-order valence-corrected chi connectivity index (χ1v) is 8.82. The van der Waals surface area contributed by atoms with Crippen molar-refractivity contribution in [2.24, 2.45) is 7.05 Å². The number of hydrogen-bond acceptors (Lipinski definition) is 6. The van der Waals surface area contributed by atoms with Gasteiger partial charge in [0.15, 0.2) is 5.58 Å². The lowest BCUT2D eigenvalue weighted by molar-refractivity contribution is 0.391. The third-order valence-electron chi connectivity index (χ3n) is 3.74. The minimum atomic E-state index is -3.54. The molecular weight excluding hydrogens is 334 g/mol. The van der Waals surface area contributed by atoms with E-state index in [1.807, 2.05) is 0 Å². The summed E-state index contributed by atoms with van der Waals surface area (Å²) in [7, 11) is -0.434. The minimum absolute atomic E-state index is 0.175. The van der Waals surface area contributed by atoms with Crippen molar-refractivity contribution in [1.29, 1.82) is 0 Å². The van der Waals surface area contributed by atoms with Crippen molar-refractivity contribution in [2.45, 2.75) is 19.2 Å². The quantitative estimate of drug-likeness (QED) is 0.689. The zero-order chi connectivity index (χ0) is 17.5. The molecule has 128 valence electrons. The van der Waals surface area contributed by atoms with Gasteiger partial charge in [-0.3, -0.25) is 4.57 Å². The van der Waals surface area contributed by atoms with E-state index in [4.69, 9.17) is 8.94 Å². The molecule has 0 aliphatic heterocycles. The second kappa shape index (κ2) is 5.91. The second-order valence-corrected chi connectivity index (χ2v) is 7.75. The predicted octanol–water partition coefficient (Wildman–Crippen LogP) is 1.39. The topological polar surface area (TPSA) is 98.6 Å².